The van der Waals surface area contributed by atoms with Crippen molar-refractivity contribution in [1.82, 2.24) is 15.2 Å². The van der Waals surface area contributed by atoms with E-state index in [4.69, 9.17) is 0 Å². The first-order valence-electron chi connectivity index (χ1n) is 14.1. The van der Waals surface area contributed by atoms with Crippen molar-refractivity contribution in [2.75, 3.05) is 24.6 Å². The number of anilines is 1. The molecule has 4 heterocycles. The Labute approximate surface area is 257 Å². The summed E-state index contributed by atoms with van der Waals surface area (Å²) in [6.07, 6.45) is 4.15. The largest absolute Gasteiger partial charge is 0.345 e. The molecule has 0 saturated carbocycles. The number of benzene rings is 1. The Morgan fingerprint density at radius 2 is 1.86 bits per heavy atom. The van der Waals surface area contributed by atoms with Gasteiger partial charge in [-0.25, -0.2) is 9.78 Å². The Morgan fingerprint density at radius 3 is 2.52 bits per heavy atom. The number of amides is 3. The molecule has 224 valence electrons. The minimum Gasteiger partial charge on any atom is -0.345 e. The molecule has 1 spiro atoms. The molecule has 0 aliphatic carbocycles. The molecule has 3 aromatic rings. The summed E-state index contributed by atoms with van der Waals surface area (Å²) in [5, 5.41) is 7.42. The number of thiophene rings is 1. The van der Waals surface area contributed by atoms with Crippen LogP contribution in [0.1, 0.15) is 67.2 Å². The van der Waals surface area contributed by atoms with Crippen LogP contribution in [-0.2, 0) is 9.59 Å². The molecule has 2 N–H and O–H groups in total. The van der Waals surface area contributed by atoms with Crippen LogP contribution in [0, 0.1) is 20.8 Å². The van der Waals surface area contributed by atoms with E-state index >= 15 is 0 Å². The zero-order chi connectivity index (χ0) is 30.7. The maximum atomic E-state index is 12.4. The van der Waals surface area contributed by atoms with Crippen LogP contribution >= 0.6 is 31.7 Å². The molecular weight excluding hydrogens is 587 g/mol. The highest BCUT2D eigenvalue weighted by Crippen LogP contribution is 2.49. The minimum absolute atomic E-state index is 0.0127. The number of hydrogen-bond acceptors (Lipinski definition) is 7. The third-order valence-electron chi connectivity index (χ3n) is 7.60. The van der Waals surface area contributed by atoms with Gasteiger partial charge in [0.1, 0.15) is 9.83 Å². The van der Waals surface area contributed by atoms with Crippen LogP contribution in [0.15, 0.2) is 35.2 Å². The summed E-state index contributed by atoms with van der Waals surface area (Å²) in [4.78, 5) is 55.8. The van der Waals surface area contributed by atoms with E-state index in [9.17, 15) is 19.2 Å². The number of carbonyl (C=O) groups excluding carboxylic acids is 4. The van der Waals surface area contributed by atoms with E-state index in [0.717, 1.165) is 81.0 Å². The number of urea groups is 1. The number of carbonyl (C=O) groups is 4. The molecule has 3 amide bonds. The molecule has 1 fully saturated rings. The smallest absolute Gasteiger partial charge is 0.320 e. The van der Waals surface area contributed by atoms with Crippen LogP contribution in [0.2, 0.25) is 0 Å². The van der Waals surface area contributed by atoms with Crippen molar-refractivity contribution in [3.8, 4) is 0 Å². The number of nitrogens with one attached hydrogen (secondary N) is 2. The molecule has 1 aromatic carbocycles. The van der Waals surface area contributed by atoms with Gasteiger partial charge in [-0.15, -0.1) is 11.8 Å². The number of likely N-dealkylation sites (tertiary alicyclic amines) is 1. The Morgan fingerprint density at radius 1 is 1.14 bits per heavy atom. The fraction of sp³-hybridized carbons (Fsp3) is 0.452. The lowest BCUT2D eigenvalue weighted by atomic mass is 9.88. The monoisotopic (exact) mass is 626 g/mol. The summed E-state index contributed by atoms with van der Waals surface area (Å²) in [5.74, 6) is 0.261. The van der Waals surface area contributed by atoms with E-state index in [0.29, 0.717) is 6.42 Å². The normalized spacial score (nSPS) is 16.2. The van der Waals surface area contributed by atoms with Gasteiger partial charge >= 0.3 is 6.03 Å². The molecule has 11 heteroatoms. The second-order valence-corrected chi connectivity index (χ2v) is 15.5. The zero-order valence-electron chi connectivity index (χ0n) is 25.1. The van der Waals surface area contributed by atoms with Crippen molar-refractivity contribution >= 4 is 70.6 Å². The minimum atomic E-state index is -0.863. The number of Topliss-reactive ketones (excluding diaryl/α,β-unsaturated/α-hetero) is 1. The fourth-order valence-electron chi connectivity index (χ4n) is 5.09. The number of aryl methyl sites for hydroxylation is 3. The second-order valence-electron chi connectivity index (χ2n) is 11.5. The first-order chi connectivity index (χ1) is 19.9. The van der Waals surface area contributed by atoms with Gasteiger partial charge in [0.15, 0.2) is 11.3 Å². The highest BCUT2D eigenvalue weighted by atomic mass is 32.2. The third kappa shape index (κ3) is 7.39. The number of ketones is 1. The predicted octanol–water partition coefficient (Wildman–Crippen LogP) is 6.70. The average molecular weight is 627 g/mol. The summed E-state index contributed by atoms with van der Waals surface area (Å²) in [7, 11) is 0.207. The molecule has 0 radical (unpaired) electrons. The van der Waals surface area contributed by atoms with Gasteiger partial charge in [0, 0.05) is 45.8 Å². The van der Waals surface area contributed by atoms with Gasteiger partial charge < -0.3 is 10.2 Å². The van der Waals surface area contributed by atoms with E-state index < -0.39 is 5.54 Å². The van der Waals surface area contributed by atoms with Gasteiger partial charge in [0.05, 0.1) is 5.54 Å². The quantitative estimate of drug-likeness (QED) is 0.233. The predicted molar refractivity (Wildman–Crippen MR) is 175 cm³/mol. The Kier molecular flexibility index (Phi) is 10.1. The first-order valence-corrected chi connectivity index (χ1v) is 17.0. The first kappa shape index (κ1) is 32.1. The molecule has 1 atom stereocenters. The second kappa shape index (κ2) is 13.2. The van der Waals surface area contributed by atoms with Gasteiger partial charge in [0.25, 0.3) is 0 Å². The summed E-state index contributed by atoms with van der Waals surface area (Å²) < 4.78 is 0.0127. The SMILES string of the molecule is CCPC(=O)C(C)(C)NC(=O)Nc1sc2nc(C)ccc2c1C.Cc1ccc2c(c1)C(=O)CC1(CCN(C=O)CC1)S2. The lowest BCUT2D eigenvalue weighted by Crippen LogP contribution is -2.49. The van der Waals surface area contributed by atoms with Crippen LogP contribution in [0.5, 0.6) is 0 Å². The lowest BCUT2D eigenvalue weighted by Gasteiger charge is -2.42. The highest BCUT2D eigenvalue weighted by Gasteiger charge is 2.41. The van der Waals surface area contributed by atoms with Crippen molar-refractivity contribution in [1.29, 1.82) is 0 Å². The molecule has 5 rings (SSSR count). The van der Waals surface area contributed by atoms with Gasteiger partial charge in [-0.3, -0.25) is 19.7 Å². The molecule has 1 unspecified atom stereocenters. The molecule has 2 aliphatic heterocycles. The molecule has 2 aromatic heterocycles. The summed E-state index contributed by atoms with van der Waals surface area (Å²) >= 11 is 3.29. The summed E-state index contributed by atoms with van der Waals surface area (Å²) in [5.41, 5.74) is 3.15. The molecule has 2 aliphatic rings. The zero-order valence-corrected chi connectivity index (χ0v) is 27.7. The maximum Gasteiger partial charge on any atom is 0.320 e. The number of aromatic nitrogens is 1. The number of pyridine rings is 1. The number of rotatable bonds is 6. The molecule has 0 bridgehead atoms. The molecule has 8 nitrogen and oxygen atoms in total. The molecule has 42 heavy (non-hydrogen) atoms. The Bertz CT molecular complexity index is 1510. The van der Waals surface area contributed by atoms with Crippen molar-refractivity contribution < 1.29 is 19.2 Å². The Hall–Kier alpha value is -2.81. The van der Waals surface area contributed by atoms with Crippen LogP contribution in [-0.4, -0.2) is 63.2 Å². The number of piperidine rings is 1. The molecule has 1 saturated heterocycles. The van der Waals surface area contributed by atoms with E-state index in [1.165, 1.54) is 11.3 Å². The van der Waals surface area contributed by atoms with Gasteiger partial charge in [-0.05, 0) is 92.0 Å². The summed E-state index contributed by atoms with van der Waals surface area (Å²) in [6, 6.07) is 9.74. The van der Waals surface area contributed by atoms with Crippen LogP contribution in [0.25, 0.3) is 10.2 Å². The summed E-state index contributed by atoms with van der Waals surface area (Å²) in [6.45, 7) is 12.9. The van der Waals surface area contributed by atoms with E-state index in [1.54, 1.807) is 18.7 Å². The van der Waals surface area contributed by atoms with E-state index in [2.05, 4.69) is 27.8 Å². The number of hydrogen-bond donors (Lipinski definition) is 2. The van der Waals surface area contributed by atoms with Crippen molar-refractivity contribution in [2.45, 2.75) is 76.0 Å². The molecular formula is C31H39N4O4PS2. The van der Waals surface area contributed by atoms with Gasteiger partial charge in [-0.2, -0.15) is 0 Å². The standard InChI is InChI=1S/C16H22N3O2PS.C15H17NO2S/c1-6-22-14(20)16(4,5)19-15(21)18-12-10(3)11-8-7-9(2)17-13(11)23-12;1-11-2-3-14-12(8-11)13(18)9-15(19-14)4-6-16(10-17)7-5-15/h7-8,22H,6H2,1-5H3,(H2,18,19,21);2-3,8,10H,4-7,9H2,1H3. The highest BCUT2D eigenvalue weighted by molar-refractivity contribution is 8.01. The van der Waals surface area contributed by atoms with Crippen LogP contribution < -0.4 is 10.6 Å². The lowest BCUT2D eigenvalue weighted by molar-refractivity contribution is -0.119. The Balaban J connectivity index is 0.000000196. The number of fused-ring (bicyclic) bond motifs is 2. The number of nitrogens with zero attached hydrogens (tertiary/aromatic N) is 2. The average Bonchev–Trinajstić information content (AvgIpc) is 3.23. The van der Waals surface area contributed by atoms with E-state index in [1.807, 2.05) is 57.7 Å². The van der Waals surface area contributed by atoms with Crippen molar-refractivity contribution in [3.05, 3.63) is 52.7 Å². The van der Waals surface area contributed by atoms with Crippen LogP contribution in [0.4, 0.5) is 9.80 Å². The topological polar surface area (TPSA) is 108 Å². The fourth-order valence-corrected chi connectivity index (χ4v) is 8.51. The van der Waals surface area contributed by atoms with Gasteiger partial charge in [-0.1, -0.05) is 29.9 Å². The van der Waals surface area contributed by atoms with Crippen LogP contribution in [0.3, 0.4) is 0 Å². The van der Waals surface area contributed by atoms with E-state index in [-0.39, 0.29) is 30.7 Å². The third-order valence-corrected chi connectivity index (χ3v) is 11.6. The number of thioether (sulfide) groups is 1. The van der Waals surface area contributed by atoms with Gasteiger partial charge in [0.2, 0.25) is 6.41 Å². The van der Waals surface area contributed by atoms with Crippen molar-refractivity contribution in [3.63, 3.8) is 0 Å². The maximum absolute atomic E-state index is 12.4. The van der Waals surface area contributed by atoms with Crippen molar-refractivity contribution in [2.24, 2.45) is 0 Å².